The maximum atomic E-state index is 11.8. The lowest BCUT2D eigenvalue weighted by molar-refractivity contribution is 0.102. The van der Waals surface area contributed by atoms with E-state index in [4.69, 9.17) is 5.26 Å². The van der Waals surface area contributed by atoms with E-state index in [0.717, 1.165) is 16.7 Å². The van der Waals surface area contributed by atoms with Crippen molar-refractivity contribution in [1.82, 2.24) is 4.98 Å². The van der Waals surface area contributed by atoms with Crippen molar-refractivity contribution in [2.75, 3.05) is 5.32 Å². The highest BCUT2D eigenvalue weighted by atomic mass is 32.2. The van der Waals surface area contributed by atoms with Crippen LogP contribution in [0.1, 0.15) is 21.0 Å². The van der Waals surface area contributed by atoms with Crippen molar-refractivity contribution >= 4 is 29.6 Å². The molecular weight excluding hydrogens is 262 g/mol. The highest BCUT2D eigenvalue weighted by Crippen LogP contribution is 2.19. The first-order valence-corrected chi connectivity index (χ1v) is 6.16. The first kappa shape index (κ1) is 12.9. The van der Waals surface area contributed by atoms with Crippen LogP contribution in [0.4, 0.5) is 5.69 Å². The number of aromatic amines is 1. The van der Waals surface area contributed by atoms with Crippen LogP contribution in [0.5, 0.6) is 0 Å². The molecule has 0 saturated heterocycles. The molecule has 0 atom stereocenters. The van der Waals surface area contributed by atoms with Crippen molar-refractivity contribution in [2.24, 2.45) is 0 Å². The Labute approximate surface area is 113 Å². The maximum absolute atomic E-state index is 11.8. The van der Waals surface area contributed by atoms with Gasteiger partial charge in [0.1, 0.15) is 11.1 Å². The van der Waals surface area contributed by atoms with Gasteiger partial charge in [0.2, 0.25) is 0 Å². The summed E-state index contributed by atoms with van der Waals surface area (Å²) in [6.07, 6.45) is 0.644. The molecule has 2 N–H and O–H groups in total. The third kappa shape index (κ3) is 3.24. The first-order valence-electron chi connectivity index (χ1n) is 5.34. The van der Waals surface area contributed by atoms with Gasteiger partial charge in [-0.25, -0.2) is 0 Å². The quantitative estimate of drug-likeness (QED) is 0.508. The number of thiocyanates is 1. The Morgan fingerprint density at radius 3 is 2.58 bits per heavy atom. The van der Waals surface area contributed by atoms with E-state index in [2.05, 4.69) is 10.3 Å². The topological polar surface area (TPSA) is 85.8 Å². The zero-order valence-corrected chi connectivity index (χ0v) is 10.5. The zero-order valence-electron chi connectivity index (χ0n) is 9.71. The van der Waals surface area contributed by atoms with Gasteiger partial charge in [-0.2, -0.15) is 5.26 Å². The number of H-pyrrole nitrogens is 1. The fourth-order valence-corrected chi connectivity index (χ4v) is 1.85. The van der Waals surface area contributed by atoms with Crippen molar-refractivity contribution in [1.29, 1.82) is 5.26 Å². The number of aromatic nitrogens is 1. The van der Waals surface area contributed by atoms with Crippen molar-refractivity contribution in [3.63, 3.8) is 0 Å². The molecule has 0 spiro atoms. The lowest BCUT2D eigenvalue weighted by atomic mass is 10.3. The van der Waals surface area contributed by atoms with Gasteiger partial charge in [-0.15, -0.1) is 0 Å². The van der Waals surface area contributed by atoms with Crippen LogP contribution in [0, 0.1) is 10.7 Å². The number of amides is 1. The third-order valence-corrected chi connectivity index (χ3v) is 2.95. The Hall–Kier alpha value is -2.52. The van der Waals surface area contributed by atoms with Gasteiger partial charge in [0.15, 0.2) is 6.29 Å². The average Bonchev–Trinajstić information content (AvgIpc) is 2.90. The number of aldehydes is 1. The third-order valence-electron chi connectivity index (χ3n) is 2.36. The zero-order chi connectivity index (χ0) is 13.7. The number of carbonyl (C=O) groups excluding carboxylic acids is 2. The number of nitriles is 1. The molecule has 1 heterocycles. The van der Waals surface area contributed by atoms with Crippen LogP contribution >= 0.6 is 11.8 Å². The molecule has 19 heavy (non-hydrogen) atoms. The minimum absolute atomic E-state index is 0.317. The molecule has 1 amide bonds. The van der Waals surface area contributed by atoms with Crippen molar-refractivity contribution in [3.05, 3.63) is 47.8 Å². The monoisotopic (exact) mass is 271 g/mol. The summed E-state index contributed by atoms with van der Waals surface area (Å²) in [5.74, 6) is -0.325. The molecule has 1 aromatic heterocycles. The molecule has 0 radical (unpaired) electrons. The van der Waals surface area contributed by atoms with Crippen molar-refractivity contribution in [3.8, 4) is 5.40 Å². The van der Waals surface area contributed by atoms with E-state index in [0.29, 0.717) is 23.4 Å². The van der Waals surface area contributed by atoms with Crippen LogP contribution < -0.4 is 5.32 Å². The molecule has 2 aromatic rings. The van der Waals surface area contributed by atoms with E-state index in [1.807, 2.05) is 5.40 Å². The number of hydrogen-bond acceptors (Lipinski definition) is 4. The molecule has 0 fully saturated rings. The molecule has 5 nitrogen and oxygen atoms in total. The summed E-state index contributed by atoms with van der Waals surface area (Å²) in [5, 5.41) is 13.2. The standard InChI is InChI=1S/C13H9N3O2S/c14-8-19-11-4-1-9(2-5-11)16-13(18)12-6-3-10(7-17)15-12/h1-7,15H,(H,16,18). The van der Waals surface area contributed by atoms with Gasteiger partial charge in [-0.3, -0.25) is 9.59 Å². The second kappa shape index (κ2) is 5.89. The molecule has 94 valence electrons. The van der Waals surface area contributed by atoms with Crippen molar-refractivity contribution < 1.29 is 9.59 Å². The van der Waals surface area contributed by atoms with Gasteiger partial charge < -0.3 is 10.3 Å². The molecule has 1 aromatic carbocycles. The van der Waals surface area contributed by atoms with Gasteiger partial charge in [-0.1, -0.05) is 0 Å². The van der Waals surface area contributed by atoms with E-state index in [9.17, 15) is 9.59 Å². The highest BCUT2D eigenvalue weighted by Gasteiger charge is 2.08. The normalized spacial score (nSPS) is 9.63. The SMILES string of the molecule is N#CSc1ccc(NC(=O)c2ccc(C=O)[nH]2)cc1. The van der Waals surface area contributed by atoms with Gasteiger partial charge in [0.25, 0.3) is 5.91 Å². The summed E-state index contributed by atoms with van der Waals surface area (Å²) in [7, 11) is 0. The minimum atomic E-state index is -0.325. The van der Waals surface area contributed by atoms with Crippen LogP contribution in [-0.4, -0.2) is 17.2 Å². The predicted molar refractivity (Wildman–Crippen MR) is 72.0 cm³/mol. The summed E-state index contributed by atoms with van der Waals surface area (Å²) < 4.78 is 0. The second-order valence-corrected chi connectivity index (χ2v) is 4.48. The van der Waals surface area contributed by atoms with E-state index >= 15 is 0 Å². The summed E-state index contributed by atoms with van der Waals surface area (Å²) in [5.41, 5.74) is 1.29. The predicted octanol–water partition coefficient (Wildman–Crippen LogP) is 2.65. The summed E-state index contributed by atoms with van der Waals surface area (Å²) >= 11 is 1.05. The number of rotatable bonds is 4. The van der Waals surface area contributed by atoms with E-state index in [-0.39, 0.29) is 5.91 Å². The van der Waals surface area contributed by atoms with Gasteiger partial charge in [0, 0.05) is 10.6 Å². The van der Waals surface area contributed by atoms with Crippen LogP contribution in [0.25, 0.3) is 0 Å². The van der Waals surface area contributed by atoms with Crippen LogP contribution in [-0.2, 0) is 0 Å². The molecule has 0 bridgehead atoms. The van der Waals surface area contributed by atoms with E-state index in [1.54, 1.807) is 30.3 Å². The number of nitrogens with one attached hydrogen (secondary N) is 2. The fourth-order valence-electron chi connectivity index (χ4n) is 1.47. The lowest BCUT2D eigenvalue weighted by Gasteiger charge is -2.04. The second-order valence-electron chi connectivity index (χ2n) is 3.62. The largest absolute Gasteiger partial charge is 0.348 e. The Morgan fingerprint density at radius 2 is 2.00 bits per heavy atom. The Balaban J connectivity index is 2.06. The summed E-state index contributed by atoms with van der Waals surface area (Å²) in [4.78, 5) is 25.8. The smallest absolute Gasteiger partial charge is 0.272 e. The van der Waals surface area contributed by atoms with Crippen LogP contribution in [0.15, 0.2) is 41.3 Å². The molecule has 0 saturated carbocycles. The molecular formula is C13H9N3O2S. The Kier molecular flexibility index (Phi) is 4.00. The maximum Gasteiger partial charge on any atom is 0.272 e. The van der Waals surface area contributed by atoms with Gasteiger partial charge >= 0.3 is 0 Å². The van der Waals surface area contributed by atoms with Crippen LogP contribution in [0.2, 0.25) is 0 Å². The fraction of sp³-hybridized carbons (Fsp3) is 0. The minimum Gasteiger partial charge on any atom is -0.348 e. The molecule has 2 rings (SSSR count). The number of hydrogen-bond donors (Lipinski definition) is 2. The van der Waals surface area contributed by atoms with Crippen LogP contribution in [0.3, 0.4) is 0 Å². The summed E-state index contributed by atoms with van der Waals surface area (Å²) in [6.45, 7) is 0. The van der Waals surface area contributed by atoms with Gasteiger partial charge in [-0.05, 0) is 48.2 Å². The number of nitrogens with zero attached hydrogens (tertiary/aromatic N) is 1. The summed E-state index contributed by atoms with van der Waals surface area (Å²) in [6, 6.07) is 9.99. The Morgan fingerprint density at radius 1 is 1.26 bits per heavy atom. The average molecular weight is 271 g/mol. The molecule has 0 aliphatic carbocycles. The number of anilines is 1. The van der Waals surface area contributed by atoms with Crippen molar-refractivity contribution in [2.45, 2.75) is 4.90 Å². The number of thioether (sulfide) groups is 1. The molecule has 0 aliphatic heterocycles. The van der Waals surface area contributed by atoms with E-state index < -0.39 is 0 Å². The molecule has 0 aliphatic rings. The number of benzene rings is 1. The van der Waals surface area contributed by atoms with E-state index in [1.165, 1.54) is 6.07 Å². The Bertz CT molecular complexity index is 641. The van der Waals surface area contributed by atoms with Gasteiger partial charge in [0.05, 0.1) is 5.69 Å². The number of carbonyl (C=O) groups is 2. The first-order chi connectivity index (χ1) is 9.22. The highest BCUT2D eigenvalue weighted by molar-refractivity contribution is 8.03. The molecule has 6 heteroatoms. The molecule has 0 unspecified atom stereocenters. The lowest BCUT2D eigenvalue weighted by Crippen LogP contribution is -2.12.